The minimum absolute atomic E-state index is 0.117. The molecule has 3 aromatic carbocycles. The molecule has 256 valence electrons. The number of methoxy groups -OCH3 is 4. The van der Waals surface area contributed by atoms with Crippen LogP contribution in [0.1, 0.15) is 29.5 Å². The van der Waals surface area contributed by atoms with E-state index in [-0.39, 0.29) is 17.7 Å². The van der Waals surface area contributed by atoms with E-state index in [0.29, 0.717) is 68.6 Å². The molecule has 1 aliphatic heterocycles. The Morgan fingerprint density at radius 3 is 2.37 bits per heavy atom. The van der Waals surface area contributed by atoms with Gasteiger partial charge in [0.25, 0.3) is 0 Å². The van der Waals surface area contributed by atoms with Gasteiger partial charge in [-0.25, -0.2) is 14.4 Å². The van der Waals surface area contributed by atoms with Crippen LogP contribution < -0.4 is 29.7 Å². The maximum absolute atomic E-state index is 13.8. The largest absolute Gasteiger partial charge is 0.497 e. The average Bonchev–Trinajstić information content (AvgIpc) is 3.54. The molecule has 0 unspecified atom stereocenters. The summed E-state index contributed by atoms with van der Waals surface area (Å²) < 4.78 is 37.3. The fourth-order valence-electron chi connectivity index (χ4n) is 6.24. The van der Waals surface area contributed by atoms with Crippen molar-refractivity contribution in [3.63, 3.8) is 0 Å². The zero-order valence-electron chi connectivity index (χ0n) is 28.2. The molecule has 0 atom stereocenters. The normalized spacial score (nSPS) is 13.4. The number of hydrogen-bond donors (Lipinski definition) is 2. The number of nitrogens with one attached hydrogen (secondary N) is 2. The summed E-state index contributed by atoms with van der Waals surface area (Å²) in [6, 6.07) is 18.5. The van der Waals surface area contributed by atoms with Gasteiger partial charge in [0.1, 0.15) is 34.3 Å². The summed E-state index contributed by atoms with van der Waals surface area (Å²) >= 11 is 0. The van der Waals surface area contributed by atoms with Crippen molar-refractivity contribution in [1.29, 1.82) is 0 Å². The predicted octanol–water partition coefficient (Wildman–Crippen LogP) is 5.85. The molecule has 49 heavy (non-hydrogen) atoms. The number of esters is 1. The lowest BCUT2D eigenvalue weighted by Gasteiger charge is -2.30. The third kappa shape index (κ3) is 7.39. The van der Waals surface area contributed by atoms with Gasteiger partial charge in [0.2, 0.25) is 5.95 Å². The van der Waals surface area contributed by atoms with Gasteiger partial charge in [0.15, 0.2) is 5.82 Å². The molecule has 2 N–H and O–H groups in total. The minimum Gasteiger partial charge on any atom is -0.497 e. The number of hydrogen-bond acceptors (Lipinski definition) is 10. The predicted molar refractivity (Wildman–Crippen MR) is 186 cm³/mol. The van der Waals surface area contributed by atoms with Crippen LogP contribution in [0, 0.1) is 11.7 Å². The van der Waals surface area contributed by atoms with E-state index >= 15 is 0 Å². The third-order valence-corrected chi connectivity index (χ3v) is 8.90. The lowest BCUT2D eigenvalue weighted by molar-refractivity contribution is -0.146. The summed E-state index contributed by atoms with van der Waals surface area (Å²) in [7, 11) is 6.28. The third-order valence-electron chi connectivity index (χ3n) is 8.90. The number of carbonyl (C=O) groups is 1. The SMILES string of the molecule is COC(=O)C1CCN(c2nc(-c3ccc(CNCc4cc(F)ccc4OC)cc3)c3c(NCc4ccc(OC)cc4OC)nccn23)CC1. The summed E-state index contributed by atoms with van der Waals surface area (Å²) in [6.07, 6.45) is 5.06. The molecule has 0 amide bonds. The number of rotatable bonds is 13. The van der Waals surface area contributed by atoms with Crippen LogP contribution >= 0.6 is 0 Å². The van der Waals surface area contributed by atoms with Crippen LogP contribution in [-0.2, 0) is 29.2 Å². The van der Waals surface area contributed by atoms with E-state index in [4.69, 9.17) is 28.9 Å². The lowest BCUT2D eigenvalue weighted by Crippen LogP contribution is -2.37. The van der Waals surface area contributed by atoms with Crippen LogP contribution in [0.5, 0.6) is 17.2 Å². The number of anilines is 2. The first-order valence-corrected chi connectivity index (χ1v) is 16.2. The molecule has 3 heterocycles. The zero-order chi connectivity index (χ0) is 34.3. The van der Waals surface area contributed by atoms with Gasteiger partial charge < -0.3 is 34.5 Å². The van der Waals surface area contributed by atoms with Crippen LogP contribution in [-0.4, -0.2) is 61.9 Å². The van der Waals surface area contributed by atoms with Gasteiger partial charge in [-0.1, -0.05) is 24.3 Å². The quantitative estimate of drug-likeness (QED) is 0.148. The van der Waals surface area contributed by atoms with Gasteiger partial charge in [-0.05, 0) is 48.7 Å². The smallest absolute Gasteiger partial charge is 0.308 e. The molecule has 0 bridgehead atoms. The van der Waals surface area contributed by atoms with Gasteiger partial charge in [-0.3, -0.25) is 9.20 Å². The van der Waals surface area contributed by atoms with Gasteiger partial charge >= 0.3 is 5.97 Å². The molecule has 1 fully saturated rings. The Morgan fingerprint density at radius 1 is 0.878 bits per heavy atom. The Kier molecular flexibility index (Phi) is 10.4. The summed E-state index contributed by atoms with van der Waals surface area (Å²) in [5, 5.41) is 6.91. The van der Waals surface area contributed by atoms with Gasteiger partial charge in [0.05, 0.1) is 34.4 Å². The second-order valence-electron chi connectivity index (χ2n) is 11.8. The maximum Gasteiger partial charge on any atom is 0.308 e. The highest BCUT2D eigenvalue weighted by Crippen LogP contribution is 2.35. The Labute approximate surface area is 285 Å². The number of ether oxygens (including phenoxy) is 4. The molecule has 0 aliphatic carbocycles. The summed E-state index contributed by atoms with van der Waals surface area (Å²) in [5.74, 6) is 2.95. The van der Waals surface area contributed by atoms with Crippen molar-refractivity contribution < 1.29 is 28.1 Å². The van der Waals surface area contributed by atoms with Crippen LogP contribution in [0.4, 0.5) is 16.2 Å². The van der Waals surface area contributed by atoms with E-state index in [1.807, 2.05) is 24.4 Å². The van der Waals surface area contributed by atoms with Gasteiger partial charge in [-0.2, -0.15) is 0 Å². The number of aromatic nitrogens is 3. The number of carbonyl (C=O) groups excluding carboxylic acids is 1. The van der Waals surface area contributed by atoms with Crippen molar-refractivity contribution in [2.75, 3.05) is 51.7 Å². The number of imidazole rings is 1. The van der Waals surface area contributed by atoms with E-state index in [1.165, 1.54) is 19.2 Å². The van der Waals surface area contributed by atoms with Crippen molar-refractivity contribution in [3.05, 3.63) is 95.6 Å². The first-order valence-electron chi connectivity index (χ1n) is 16.2. The first-order chi connectivity index (χ1) is 23.9. The molecule has 5 aromatic rings. The van der Waals surface area contributed by atoms with E-state index in [9.17, 15) is 9.18 Å². The highest BCUT2D eigenvalue weighted by molar-refractivity contribution is 5.88. The number of piperidine rings is 1. The molecular formula is C37H41FN6O5. The molecular weight excluding hydrogens is 627 g/mol. The second kappa shape index (κ2) is 15.2. The van der Waals surface area contributed by atoms with Crippen LogP contribution in [0.3, 0.4) is 0 Å². The van der Waals surface area contributed by atoms with Crippen molar-refractivity contribution in [2.45, 2.75) is 32.5 Å². The number of benzene rings is 3. The molecule has 11 nitrogen and oxygen atoms in total. The molecule has 12 heteroatoms. The number of halogens is 1. The standard InChI is InChI=1S/C37H41FN6O5/c1-46-30-11-9-27(32(20-30)48-3)23-41-35-34-33(42-37(44(34)18-15-40-35)43-16-13-26(14-17-43)36(45)49-4)25-7-5-24(6-8-25)21-39-22-28-19-29(38)10-12-31(28)47-2/h5-12,15,18-20,26,39H,13-14,16-17,21-23H2,1-4H3,(H,40,41). The monoisotopic (exact) mass is 668 g/mol. The van der Waals surface area contributed by atoms with Crippen LogP contribution in [0.25, 0.3) is 16.8 Å². The van der Waals surface area contributed by atoms with Gasteiger partial charge in [-0.15, -0.1) is 0 Å². The second-order valence-corrected chi connectivity index (χ2v) is 11.8. The van der Waals surface area contributed by atoms with E-state index in [0.717, 1.165) is 39.4 Å². The molecule has 0 saturated carbocycles. The topological polar surface area (TPSA) is 111 Å². The zero-order valence-corrected chi connectivity index (χ0v) is 28.2. The van der Waals surface area contributed by atoms with Gasteiger partial charge in [0, 0.05) is 67.9 Å². The Morgan fingerprint density at radius 2 is 1.65 bits per heavy atom. The summed E-state index contributed by atoms with van der Waals surface area (Å²) in [4.78, 5) is 24.4. The van der Waals surface area contributed by atoms with Crippen LogP contribution in [0.15, 0.2) is 73.1 Å². The first kappa shape index (κ1) is 33.5. The molecule has 6 rings (SSSR count). The van der Waals surface area contributed by atoms with Crippen molar-refractivity contribution in [1.82, 2.24) is 19.7 Å². The van der Waals surface area contributed by atoms with Crippen molar-refractivity contribution in [3.8, 4) is 28.5 Å². The van der Waals surface area contributed by atoms with E-state index in [1.54, 1.807) is 33.6 Å². The van der Waals surface area contributed by atoms with Crippen LogP contribution in [0.2, 0.25) is 0 Å². The highest BCUT2D eigenvalue weighted by atomic mass is 19.1. The Balaban J connectivity index is 1.28. The van der Waals surface area contributed by atoms with E-state index < -0.39 is 0 Å². The molecule has 0 radical (unpaired) electrons. The average molecular weight is 669 g/mol. The van der Waals surface area contributed by atoms with Crippen molar-refractivity contribution >= 4 is 23.3 Å². The molecule has 1 saturated heterocycles. The molecule has 1 aliphatic rings. The fraction of sp³-hybridized carbons (Fsp3) is 0.324. The van der Waals surface area contributed by atoms with Crippen molar-refractivity contribution in [2.24, 2.45) is 5.92 Å². The lowest BCUT2D eigenvalue weighted by atomic mass is 9.97. The fourth-order valence-corrected chi connectivity index (χ4v) is 6.24. The highest BCUT2D eigenvalue weighted by Gasteiger charge is 2.29. The molecule has 2 aromatic heterocycles. The van der Waals surface area contributed by atoms with E-state index in [2.05, 4.69) is 44.2 Å². The summed E-state index contributed by atoms with van der Waals surface area (Å²) in [5.41, 5.74) is 5.32. The summed E-state index contributed by atoms with van der Waals surface area (Å²) in [6.45, 7) is 2.86. The Hall–Kier alpha value is -5.36. The maximum atomic E-state index is 13.8. The number of fused-ring (bicyclic) bond motifs is 1. The number of nitrogens with zero attached hydrogens (tertiary/aromatic N) is 4. The Bertz CT molecular complexity index is 1910. The minimum atomic E-state index is -0.298. The molecule has 0 spiro atoms.